The predicted octanol–water partition coefficient (Wildman–Crippen LogP) is 2.13. The average molecular weight is 442 g/mol. The Labute approximate surface area is 190 Å². The summed E-state index contributed by atoms with van der Waals surface area (Å²) in [7, 11) is 1.35. The molecule has 2 saturated heterocycles. The summed E-state index contributed by atoms with van der Waals surface area (Å²) < 4.78 is 4.85. The van der Waals surface area contributed by atoms with Crippen molar-refractivity contribution in [3.63, 3.8) is 0 Å². The molecular formula is C25H35N3O4. The van der Waals surface area contributed by atoms with Gasteiger partial charge in [-0.15, -0.1) is 0 Å². The Hall–Kier alpha value is -2.41. The third kappa shape index (κ3) is 4.40. The molecule has 1 aromatic rings. The Bertz CT molecular complexity index is 876. The normalized spacial score (nSPS) is 24.7. The van der Waals surface area contributed by atoms with E-state index in [9.17, 15) is 14.4 Å². The van der Waals surface area contributed by atoms with Gasteiger partial charge >= 0.3 is 5.97 Å². The fraction of sp³-hybridized carbons (Fsp3) is 0.640. The van der Waals surface area contributed by atoms with Crippen molar-refractivity contribution in [2.75, 3.05) is 26.7 Å². The molecule has 2 aliphatic heterocycles. The Kier molecular flexibility index (Phi) is 6.56. The summed E-state index contributed by atoms with van der Waals surface area (Å²) >= 11 is 0. The maximum atomic E-state index is 13.3. The van der Waals surface area contributed by atoms with Gasteiger partial charge in [0.25, 0.3) is 0 Å². The number of rotatable bonds is 5. The molecule has 2 heterocycles. The second-order valence-electron chi connectivity index (χ2n) is 9.89. The van der Waals surface area contributed by atoms with E-state index in [0.29, 0.717) is 31.8 Å². The molecule has 32 heavy (non-hydrogen) atoms. The summed E-state index contributed by atoms with van der Waals surface area (Å²) in [5, 5.41) is 3.55. The number of hydrogen-bond donors (Lipinski definition) is 1. The third-order valence-electron chi connectivity index (χ3n) is 7.34. The van der Waals surface area contributed by atoms with Crippen molar-refractivity contribution in [3.8, 4) is 0 Å². The summed E-state index contributed by atoms with van der Waals surface area (Å²) in [6.07, 6.45) is 4.61. The van der Waals surface area contributed by atoms with Crippen molar-refractivity contribution in [3.05, 3.63) is 35.4 Å². The molecule has 1 aromatic carbocycles. The molecule has 4 rings (SSSR count). The predicted molar refractivity (Wildman–Crippen MR) is 121 cm³/mol. The van der Waals surface area contributed by atoms with Crippen molar-refractivity contribution >= 4 is 17.8 Å². The molecule has 0 aromatic heterocycles. The van der Waals surface area contributed by atoms with Crippen LogP contribution < -0.4 is 5.32 Å². The number of methoxy groups -OCH3 is 1. The van der Waals surface area contributed by atoms with Crippen LogP contribution in [0.15, 0.2) is 24.3 Å². The number of piperidine rings is 1. The number of esters is 1. The molecule has 2 fully saturated rings. The van der Waals surface area contributed by atoms with Crippen LogP contribution in [0.2, 0.25) is 0 Å². The van der Waals surface area contributed by atoms with E-state index < -0.39 is 11.6 Å². The van der Waals surface area contributed by atoms with Gasteiger partial charge in [0.2, 0.25) is 11.8 Å². The highest BCUT2D eigenvalue weighted by Gasteiger charge is 2.52. The molecule has 0 saturated carbocycles. The van der Waals surface area contributed by atoms with Gasteiger partial charge in [-0.25, -0.2) is 0 Å². The van der Waals surface area contributed by atoms with E-state index >= 15 is 0 Å². The van der Waals surface area contributed by atoms with E-state index in [4.69, 9.17) is 4.74 Å². The molecule has 2 amide bonds. The van der Waals surface area contributed by atoms with E-state index in [0.717, 1.165) is 25.7 Å². The maximum Gasteiger partial charge on any atom is 0.325 e. The molecule has 174 valence electrons. The number of carbonyl (C=O) groups excluding carboxylic acids is 3. The van der Waals surface area contributed by atoms with Crippen LogP contribution in [0, 0.1) is 11.8 Å². The number of hydrogen-bond acceptors (Lipinski definition) is 5. The lowest BCUT2D eigenvalue weighted by molar-refractivity contribution is -0.151. The Morgan fingerprint density at radius 2 is 1.88 bits per heavy atom. The van der Waals surface area contributed by atoms with Gasteiger partial charge in [0.05, 0.1) is 18.8 Å². The van der Waals surface area contributed by atoms with Crippen molar-refractivity contribution in [1.82, 2.24) is 15.1 Å². The monoisotopic (exact) mass is 441 g/mol. The maximum absolute atomic E-state index is 13.3. The number of likely N-dealkylation sites (tertiary alicyclic amines) is 1. The molecular weight excluding hydrogens is 406 g/mol. The highest BCUT2D eigenvalue weighted by atomic mass is 16.5. The average Bonchev–Trinajstić information content (AvgIpc) is 3.03. The van der Waals surface area contributed by atoms with Gasteiger partial charge in [-0.2, -0.15) is 0 Å². The van der Waals surface area contributed by atoms with E-state index in [-0.39, 0.29) is 30.3 Å². The van der Waals surface area contributed by atoms with Crippen LogP contribution in [-0.4, -0.2) is 66.0 Å². The highest BCUT2D eigenvalue weighted by molar-refractivity contribution is 5.89. The molecule has 1 spiro atoms. The van der Waals surface area contributed by atoms with Crippen molar-refractivity contribution in [2.45, 2.75) is 64.1 Å². The zero-order valence-electron chi connectivity index (χ0n) is 19.4. The quantitative estimate of drug-likeness (QED) is 0.709. The van der Waals surface area contributed by atoms with Gasteiger partial charge in [-0.3, -0.25) is 19.7 Å². The molecule has 3 aliphatic rings. The molecule has 1 unspecified atom stereocenters. The van der Waals surface area contributed by atoms with Gasteiger partial charge < -0.3 is 14.5 Å². The zero-order chi connectivity index (χ0) is 22.9. The minimum atomic E-state index is -0.583. The molecule has 7 heteroatoms. The number of carbonyl (C=O) groups is 3. The topological polar surface area (TPSA) is 79.0 Å². The third-order valence-corrected chi connectivity index (χ3v) is 7.34. The summed E-state index contributed by atoms with van der Waals surface area (Å²) in [5.41, 5.74) is 2.06. The van der Waals surface area contributed by atoms with E-state index in [1.807, 2.05) is 11.0 Å². The lowest BCUT2D eigenvalue weighted by atomic mass is 9.82. The van der Waals surface area contributed by atoms with Crippen LogP contribution in [-0.2, 0) is 32.0 Å². The Balaban J connectivity index is 1.43. The standard InChI is InChI=1S/C25H35N3O4/c1-17(2)14-21-24(31)28(16-22(29)32-3)25(26-21)10-12-27(13-11-25)23(30)20-9-8-18-6-4-5-7-19(18)15-20/h4-7,17,20-21,26H,8-16H2,1-3H3/t20?,21-/m0/s1. The minimum Gasteiger partial charge on any atom is -0.468 e. The van der Waals surface area contributed by atoms with Gasteiger partial charge in [0.1, 0.15) is 6.54 Å². The van der Waals surface area contributed by atoms with Gasteiger partial charge in [0, 0.05) is 31.8 Å². The summed E-state index contributed by atoms with van der Waals surface area (Å²) in [4.78, 5) is 42.1. The van der Waals surface area contributed by atoms with Crippen molar-refractivity contribution < 1.29 is 19.1 Å². The SMILES string of the molecule is COC(=O)CN1C(=O)[C@H](CC(C)C)NC12CCN(C(=O)C1CCc3ccccc3C1)CC2. The van der Waals surface area contributed by atoms with E-state index in [1.54, 1.807) is 4.90 Å². The van der Waals surface area contributed by atoms with Crippen LogP contribution in [0.5, 0.6) is 0 Å². The van der Waals surface area contributed by atoms with Crippen molar-refractivity contribution in [1.29, 1.82) is 0 Å². The number of aryl methyl sites for hydroxylation is 1. The first-order valence-corrected chi connectivity index (χ1v) is 11.8. The fourth-order valence-corrected chi connectivity index (χ4v) is 5.60. The number of nitrogens with one attached hydrogen (secondary N) is 1. The number of fused-ring (bicyclic) bond motifs is 1. The summed E-state index contributed by atoms with van der Waals surface area (Å²) in [6, 6.07) is 8.10. The first-order valence-electron chi connectivity index (χ1n) is 11.8. The fourth-order valence-electron chi connectivity index (χ4n) is 5.60. The lowest BCUT2D eigenvalue weighted by Gasteiger charge is -2.45. The first kappa shape index (κ1) is 22.8. The zero-order valence-corrected chi connectivity index (χ0v) is 19.4. The second-order valence-corrected chi connectivity index (χ2v) is 9.89. The number of ether oxygens (including phenoxy) is 1. The Morgan fingerprint density at radius 3 is 2.53 bits per heavy atom. The number of nitrogens with zero attached hydrogens (tertiary/aromatic N) is 2. The second kappa shape index (κ2) is 9.22. The van der Waals surface area contributed by atoms with Crippen LogP contribution in [0.3, 0.4) is 0 Å². The molecule has 7 nitrogen and oxygen atoms in total. The van der Waals surface area contributed by atoms with Crippen LogP contribution >= 0.6 is 0 Å². The molecule has 1 N–H and O–H groups in total. The van der Waals surface area contributed by atoms with E-state index in [2.05, 4.69) is 37.4 Å². The van der Waals surface area contributed by atoms with Crippen molar-refractivity contribution in [2.24, 2.45) is 11.8 Å². The number of amides is 2. The molecule has 2 atom stereocenters. The van der Waals surface area contributed by atoms with E-state index in [1.165, 1.54) is 18.2 Å². The molecule has 0 bridgehead atoms. The van der Waals surface area contributed by atoms with Gasteiger partial charge in [0.15, 0.2) is 0 Å². The van der Waals surface area contributed by atoms with Gasteiger partial charge in [-0.05, 0) is 42.7 Å². The minimum absolute atomic E-state index is 0.0250. The highest BCUT2D eigenvalue weighted by Crippen LogP contribution is 2.35. The molecule has 1 aliphatic carbocycles. The Morgan fingerprint density at radius 1 is 1.19 bits per heavy atom. The van der Waals surface area contributed by atoms with Gasteiger partial charge in [-0.1, -0.05) is 38.1 Å². The largest absolute Gasteiger partial charge is 0.468 e. The van der Waals surface area contributed by atoms with Crippen LogP contribution in [0.1, 0.15) is 50.7 Å². The van der Waals surface area contributed by atoms with Crippen LogP contribution in [0.4, 0.5) is 0 Å². The summed E-state index contributed by atoms with van der Waals surface area (Å²) in [6.45, 7) is 5.30. The van der Waals surface area contributed by atoms with Crippen LogP contribution in [0.25, 0.3) is 0 Å². The number of benzene rings is 1. The molecule has 0 radical (unpaired) electrons. The lowest BCUT2D eigenvalue weighted by Crippen LogP contribution is -2.61. The summed E-state index contributed by atoms with van der Waals surface area (Å²) in [5.74, 6) is 0.160. The smallest absolute Gasteiger partial charge is 0.325 e. The first-order chi connectivity index (χ1) is 15.3.